The lowest BCUT2D eigenvalue weighted by Gasteiger charge is -2.18. The summed E-state index contributed by atoms with van der Waals surface area (Å²) in [7, 11) is 0. The molecule has 3 nitrogen and oxygen atoms in total. The monoisotopic (exact) mass is 396 g/mol. The van der Waals surface area contributed by atoms with Gasteiger partial charge in [0.2, 0.25) is 0 Å². The maximum absolute atomic E-state index is 13.7. The van der Waals surface area contributed by atoms with Crippen molar-refractivity contribution in [3.63, 3.8) is 0 Å². The molecule has 1 atom stereocenters. The van der Waals surface area contributed by atoms with Gasteiger partial charge in [0.25, 0.3) is 5.56 Å². The van der Waals surface area contributed by atoms with Gasteiger partial charge in [0.1, 0.15) is 4.83 Å². The van der Waals surface area contributed by atoms with Gasteiger partial charge in [-0.15, -0.1) is 17.9 Å². The van der Waals surface area contributed by atoms with Crippen LogP contribution >= 0.6 is 23.1 Å². The smallest absolute Gasteiger partial charge is 0.267 e. The van der Waals surface area contributed by atoms with E-state index in [4.69, 9.17) is 4.98 Å². The standard InChI is InChI=1S/C22H24N2OS2/c1-5-10-26-22-23-20-19(16-9-7-14(3)12-18(16)27-20)21(25)24(22)17-11-13(2)6-8-15(17)4/h5-6,8,11,14H,1,7,9-10,12H2,2-4H3/t14-/m1/s1. The summed E-state index contributed by atoms with van der Waals surface area (Å²) in [6.07, 6.45) is 5.05. The Morgan fingerprint density at radius 2 is 2.22 bits per heavy atom. The quantitative estimate of drug-likeness (QED) is 0.333. The molecule has 0 spiro atoms. The number of aromatic nitrogens is 2. The van der Waals surface area contributed by atoms with Gasteiger partial charge in [-0.3, -0.25) is 9.36 Å². The Morgan fingerprint density at radius 3 is 3.00 bits per heavy atom. The number of aryl methyl sites for hydroxylation is 3. The van der Waals surface area contributed by atoms with E-state index < -0.39 is 0 Å². The minimum Gasteiger partial charge on any atom is -0.268 e. The molecule has 0 saturated carbocycles. The summed E-state index contributed by atoms with van der Waals surface area (Å²) in [5.74, 6) is 1.41. The first-order valence-corrected chi connectivity index (χ1v) is 11.2. The predicted molar refractivity (Wildman–Crippen MR) is 117 cm³/mol. The van der Waals surface area contributed by atoms with Gasteiger partial charge < -0.3 is 0 Å². The van der Waals surface area contributed by atoms with Gasteiger partial charge in [-0.25, -0.2) is 4.98 Å². The molecule has 140 valence electrons. The number of thioether (sulfide) groups is 1. The van der Waals surface area contributed by atoms with E-state index in [1.54, 1.807) is 23.1 Å². The molecule has 2 heterocycles. The summed E-state index contributed by atoms with van der Waals surface area (Å²) in [6.45, 7) is 10.2. The van der Waals surface area contributed by atoms with E-state index in [0.717, 1.165) is 57.2 Å². The number of hydrogen-bond donors (Lipinski definition) is 0. The second-order valence-electron chi connectivity index (χ2n) is 7.46. The highest BCUT2D eigenvalue weighted by atomic mass is 32.2. The van der Waals surface area contributed by atoms with Crippen LogP contribution in [0, 0.1) is 19.8 Å². The van der Waals surface area contributed by atoms with Gasteiger partial charge in [0.05, 0.1) is 11.1 Å². The van der Waals surface area contributed by atoms with Crippen molar-refractivity contribution in [2.45, 2.75) is 45.2 Å². The SMILES string of the molecule is C=CCSc1nc2sc3c(c2c(=O)n1-c1cc(C)ccc1C)CC[C@@H](C)C3. The molecule has 0 saturated heterocycles. The van der Waals surface area contributed by atoms with Crippen LogP contribution in [0.25, 0.3) is 15.9 Å². The van der Waals surface area contributed by atoms with Gasteiger partial charge in [0, 0.05) is 10.6 Å². The average molecular weight is 397 g/mol. The number of fused-ring (bicyclic) bond motifs is 3. The first-order chi connectivity index (χ1) is 13.0. The molecule has 0 amide bonds. The number of nitrogens with zero attached hydrogens (tertiary/aromatic N) is 2. The Hall–Kier alpha value is -1.85. The molecule has 0 bridgehead atoms. The summed E-state index contributed by atoms with van der Waals surface area (Å²) in [6, 6.07) is 6.25. The molecule has 0 radical (unpaired) electrons. The van der Waals surface area contributed by atoms with Crippen LogP contribution in [0.2, 0.25) is 0 Å². The van der Waals surface area contributed by atoms with E-state index >= 15 is 0 Å². The lowest BCUT2D eigenvalue weighted by Crippen LogP contribution is -2.23. The zero-order valence-corrected chi connectivity index (χ0v) is 17.7. The zero-order valence-electron chi connectivity index (χ0n) is 16.0. The van der Waals surface area contributed by atoms with Crippen molar-refractivity contribution in [1.82, 2.24) is 9.55 Å². The van der Waals surface area contributed by atoms with E-state index in [0.29, 0.717) is 5.92 Å². The van der Waals surface area contributed by atoms with Gasteiger partial charge in [0.15, 0.2) is 5.16 Å². The van der Waals surface area contributed by atoms with Crippen LogP contribution in [0.4, 0.5) is 0 Å². The summed E-state index contributed by atoms with van der Waals surface area (Å²) in [4.78, 5) is 20.9. The lowest BCUT2D eigenvalue weighted by molar-refractivity contribution is 0.509. The van der Waals surface area contributed by atoms with E-state index in [1.165, 1.54) is 10.4 Å². The Balaban J connectivity index is 2.03. The van der Waals surface area contributed by atoms with Gasteiger partial charge in [-0.1, -0.05) is 36.9 Å². The van der Waals surface area contributed by atoms with Crippen LogP contribution in [0.1, 0.15) is 34.9 Å². The Kier molecular flexibility index (Phi) is 4.99. The fraction of sp³-hybridized carbons (Fsp3) is 0.364. The third-order valence-electron chi connectivity index (χ3n) is 5.23. The van der Waals surface area contributed by atoms with Gasteiger partial charge >= 0.3 is 0 Å². The molecule has 1 aromatic carbocycles. The number of hydrogen-bond acceptors (Lipinski definition) is 4. The molecule has 1 aliphatic rings. The molecular formula is C22H24N2OS2. The van der Waals surface area contributed by atoms with Crippen molar-refractivity contribution >= 4 is 33.3 Å². The second-order valence-corrected chi connectivity index (χ2v) is 9.53. The van der Waals surface area contributed by atoms with Crippen LogP contribution in [0.3, 0.4) is 0 Å². The van der Waals surface area contributed by atoms with Gasteiger partial charge in [-0.2, -0.15) is 0 Å². The topological polar surface area (TPSA) is 34.9 Å². The van der Waals surface area contributed by atoms with Crippen molar-refractivity contribution in [2.24, 2.45) is 5.92 Å². The second kappa shape index (κ2) is 7.28. The molecule has 0 unspecified atom stereocenters. The normalized spacial score (nSPS) is 16.5. The maximum Gasteiger partial charge on any atom is 0.267 e. The highest BCUT2D eigenvalue weighted by molar-refractivity contribution is 7.99. The molecule has 5 heteroatoms. The molecular weight excluding hydrogens is 372 g/mol. The Labute approximate surface area is 168 Å². The van der Waals surface area contributed by atoms with Crippen molar-refractivity contribution in [2.75, 3.05) is 5.75 Å². The third-order valence-corrected chi connectivity index (χ3v) is 7.32. The fourth-order valence-corrected chi connectivity index (χ4v) is 5.94. The van der Waals surface area contributed by atoms with Crippen molar-refractivity contribution in [3.05, 3.63) is 62.8 Å². The molecule has 0 N–H and O–H groups in total. The van der Waals surface area contributed by atoms with Crippen LogP contribution in [0.15, 0.2) is 40.8 Å². The number of thiophene rings is 1. The van der Waals surface area contributed by atoms with Crippen LogP contribution in [-0.4, -0.2) is 15.3 Å². The van der Waals surface area contributed by atoms with Gasteiger partial charge in [-0.05, 0) is 61.8 Å². The van der Waals surface area contributed by atoms with Crippen molar-refractivity contribution in [1.29, 1.82) is 0 Å². The zero-order chi connectivity index (χ0) is 19.1. The first-order valence-electron chi connectivity index (χ1n) is 9.38. The van der Waals surface area contributed by atoms with Crippen LogP contribution in [0.5, 0.6) is 0 Å². The number of rotatable bonds is 4. The molecule has 0 fully saturated rings. The molecule has 27 heavy (non-hydrogen) atoms. The summed E-state index contributed by atoms with van der Waals surface area (Å²) >= 11 is 3.29. The number of benzene rings is 1. The fourth-order valence-electron chi connectivity index (χ4n) is 3.77. The molecule has 3 aromatic rings. The van der Waals surface area contributed by atoms with Crippen LogP contribution < -0.4 is 5.56 Å². The predicted octanol–water partition coefficient (Wildman–Crippen LogP) is 5.47. The largest absolute Gasteiger partial charge is 0.268 e. The van der Waals surface area contributed by atoms with Crippen molar-refractivity contribution < 1.29 is 0 Å². The van der Waals surface area contributed by atoms with E-state index in [9.17, 15) is 4.79 Å². The highest BCUT2D eigenvalue weighted by Gasteiger charge is 2.25. The van der Waals surface area contributed by atoms with E-state index in [1.807, 2.05) is 10.6 Å². The highest BCUT2D eigenvalue weighted by Crippen LogP contribution is 2.37. The average Bonchev–Trinajstić information content (AvgIpc) is 2.99. The third kappa shape index (κ3) is 3.27. The minimum absolute atomic E-state index is 0.0762. The summed E-state index contributed by atoms with van der Waals surface area (Å²) in [5.41, 5.74) is 4.48. The molecule has 2 aromatic heterocycles. The molecule has 1 aliphatic carbocycles. The van der Waals surface area contributed by atoms with E-state index in [-0.39, 0.29) is 5.56 Å². The molecule has 4 rings (SSSR count). The lowest BCUT2D eigenvalue weighted by atomic mass is 9.89. The Morgan fingerprint density at radius 1 is 1.41 bits per heavy atom. The molecule has 0 aliphatic heterocycles. The van der Waals surface area contributed by atoms with Crippen molar-refractivity contribution in [3.8, 4) is 5.69 Å². The Bertz CT molecular complexity index is 1090. The maximum atomic E-state index is 13.7. The summed E-state index contributed by atoms with van der Waals surface area (Å²) in [5, 5.41) is 1.60. The minimum atomic E-state index is 0.0762. The summed E-state index contributed by atoms with van der Waals surface area (Å²) < 4.78 is 1.82. The first kappa shape index (κ1) is 18.5. The van der Waals surface area contributed by atoms with Crippen LogP contribution in [-0.2, 0) is 12.8 Å². The van der Waals surface area contributed by atoms with E-state index in [2.05, 4.69) is 45.5 Å².